The molecule has 0 saturated carbocycles. The van der Waals surface area contributed by atoms with E-state index in [0.29, 0.717) is 73.8 Å². The number of nitrogens with zero attached hydrogens (tertiary/aromatic N) is 1. The van der Waals surface area contributed by atoms with Gasteiger partial charge in [0.15, 0.2) is 6.54 Å². The van der Waals surface area contributed by atoms with E-state index >= 15 is 0 Å². The van der Waals surface area contributed by atoms with Gasteiger partial charge >= 0.3 is 5.97 Å². The first-order valence-corrected chi connectivity index (χ1v) is 27.2. The van der Waals surface area contributed by atoms with Crippen LogP contribution >= 0.6 is 0 Å². The fourth-order valence-corrected chi connectivity index (χ4v) is 8.48. The molecule has 28 nitrogen and oxygen atoms in total. The Hall–Kier alpha value is -7.53. The third-order valence-corrected chi connectivity index (χ3v) is 13.7. The maximum absolute atomic E-state index is 14.6. The van der Waals surface area contributed by atoms with E-state index in [2.05, 4.69) is 80.0 Å². The average molecular weight is 1130 g/mol. The van der Waals surface area contributed by atoms with E-state index in [1.54, 1.807) is 58.2 Å². The Balaban J connectivity index is 1.92. The summed E-state index contributed by atoms with van der Waals surface area (Å²) in [4.78, 5) is 145. The van der Waals surface area contributed by atoms with Gasteiger partial charge in [0.1, 0.15) is 48.3 Å². The van der Waals surface area contributed by atoms with E-state index in [4.69, 9.17) is 0 Å². The van der Waals surface area contributed by atoms with Crippen LogP contribution in [0.1, 0.15) is 97.2 Å². The number of aliphatic hydroxyl groups is 2. The number of amides is 9. The summed E-state index contributed by atoms with van der Waals surface area (Å²) >= 11 is 0. The molecule has 11 atom stereocenters. The average Bonchev–Trinajstić information content (AvgIpc) is 4.16. The van der Waals surface area contributed by atoms with Crippen molar-refractivity contribution in [2.24, 2.45) is 11.8 Å². The van der Waals surface area contributed by atoms with Crippen molar-refractivity contribution in [2.45, 2.75) is 153 Å². The molecule has 80 heavy (non-hydrogen) atoms. The molecule has 0 aliphatic heterocycles. The van der Waals surface area contributed by atoms with Crippen molar-refractivity contribution in [2.75, 3.05) is 32.8 Å². The minimum absolute atomic E-state index is 0.00563. The van der Waals surface area contributed by atoms with Crippen molar-refractivity contribution in [1.82, 2.24) is 62.8 Å². The number of benzene rings is 1. The summed E-state index contributed by atoms with van der Waals surface area (Å²) in [5, 5.41) is 54.5. The van der Waals surface area contributed by atoms with Gasteiger partial charge in [0, 0.05) is 41.8 Å². The molecule has 2 heterocycles. The van der Waals surface area contributed by atoms with Gasteiger partial charge in [-0.15, -0.1) is 0 Å². The van der Waals surface area contributed by atoms with Gasteiger partial charge in [-0.25, -0.2) is 9.78 Å². The first kappa shape index (κ1) is 66.7. The fraction of sp³-hybridized carbons (Fsp3) is 0.596. The van der Waals surface area contributed by atoms with Crippen molar-refractivity contribution < 1.29 is 80.5 Å². The maximum atomic E-state index is 14.6. The lowest BCUT2D eigenvalue weighted by Gasteiger charge is -2.29. The highest BCUT2D eigenvalue weighted by Crippen LogP contribution is 2.20. The molecule has 28 heteroatoms. The van der Waals surface area contributed by atoms with Crippen LogP contribution in [0.4, 0.5) is 0 Å². The number of imidazole rings is 1. The number of aromatic amines is 2. The van der Waals surface area contributed by atoms with Gasteiger partial charge in [-0.2, -0.15) is 0 Å². The topological polar surface area (TPSA) is 467 Å². The van der Waals surface area contributed by atoms with Crippen LogP contribution in [0.25, 0.3) is 10.9 Å². The van der Waals surface area contributed by atoms with Gasteiger partial charge in [-0.3, -0.25) is 43.2 Å². The number of carboxylic acid groups (broad SMARTS) is 1. The molecule has 0 aliphatic carbocycles. The van der Waals surface area contributed by atoms with Crippen molar-refractivity contribution >= 4 is 70.0 Å². The summed E-state index contributed by atoms with van der Waals surface area (Å²) in [6.45, 7) is 7.41. The molecule has 3 rings (SSSR count). The Bertz CT molecular complexity index is 2510. The number of carboxylic acids is 1. The Morgan fingerprint density at radius 2 is 1.11 bits per heavy atom. The highest BCUT2D eigenvalue weighted by molar-refractivity contribution is 5.98. The summed E-state index contributed by atoms with van der Waals surface area (Å²) < 4.78 is 0. The molecule has 0 fully saturated rings. The molecule has 9 amide bonds. The first-order chi connectivity index (χ1) is 38.1. The number of aromatic nitrogens is 3. The highest BCUT2D eigenvalue weighted by atomic mass is 16.4. The SMILES string of the molecule is CC[C@H](C)[C@H](NC(=O)CNC(=O)[C@@H](NC(=O)[C@H](Cc1c[nH]c2ccccc12)NC(=O)[C@H](Cc1cnc[nH]1)NC(=O)[C@H](CCCC[NH3+])NC(=O)[C@H](CO)NC(=O)[C@@H](NC(=O)[C@H](CCCC[NH3+])NC(=O)C[NH3+])[C@@H](C)CC)[C@@H](C)O)C(=O)O. The number of rotatable bonds is 37. The van der Waals surface area contributed by atoms with Gasteiger partial charge in [0.25, 0.3) is 5.91 Å². The summed E-state index contributed by atoms with van der Waals surface area (Å²) in [5.74, 6) is -9.68. The lowest BCUT2D eigenvalue weighted by Crippen LogP contribution is -2.62. The number of hydrogen-bond acceptors (Lipinski definition) is 13. The van der Waals surface area contributed by atoms with E-state index < -0.39 is 139 Å². The van der Waals surface area contributed by atoms with Crippen molar-refractivity contribution in [1.29, 1.82) is 0 Å². The number of para-hydroxylation sites is 1. The van der Waals surface area contributed by atoms with Crippen LogP contribution in [-0.2, 0) is 60.8 Å². The zero-order chi connectivity index (χ0) is 59.5. The second kappa shape index (κ2) is 34.5. The third kappa shape index (κ3) is 21.3. The Labute approximate surface area is 464 Å². The fourth-order valence-electron chi connectivity index (χ4n) is 8.48. The largest absolute Gasteiger partial charge is 0.480 e. The number of carbonyl (C=O) groups excluding carboxylic acids is 9. The van der Waals surface area contributed by atoms with E-state index in [9.17, 15) is 63.3 Å². The molecule has 23 N–H and O–H groups in total. The highest BCUT2D eigenvalue weighted by Gasteiger charge is 2.37. The van der Waals surface area contributed by atoms with Crippen LogP contribution in [0.3, 0.4) is 0 Å². The molecule has 0 bridgehead atoms. The van der Waals surface area contributed by atoms with Gasteiger partial charge in [-0.1, -0.05) is 58.7 Å². The third-order valence-electron chi connectivity index (χ3n) is 13.7. The molecule has 0 spiro atoms. The van der Waals surface area contributed by atoms with Crippen LogP contribution in [0.5, 0.6) is 0 Å². The number of aliphatic hydroxyl groups excluding tert-OH is 2. The second-order valence-electron chi connectivity index (χ2n) is 19.9. The Kier molecular flexibility index (Phi) is 28.8. The zero-order valence-electron chi connectivity index (χ0n) is 46.5. The summed E-state index contributed by atoms with van der Waals surface area (Å²) in [5.41, 5.74) is 12.9. The molecular formula is C52H86N15O13+3. The predicted octanol–water partition coefficient (Wildman–Crippen LogP) is -5.71. The molecule has 0 aliphatic rings. The Morgan fingerprint density at radius 1 is 0.588 bits per heavy atom. The number of aliphatic carboxylic acids is 1. The first-order valence-electron chi connectivity index (χ1n) is 27.2. The predicted molar refractivity (Wildman–Crippen MR) is 289 cm³/mol. The lowest BCUT2D eigenvalue weighted by molar-refractivity contribution is -0.368. The lowest BCUT2D eigenvalue weighted by atomic mass is 9.97. The van der Waals surface area contributed by atoms with Crippen LogP contribution < -0.4 is 65.1 Å². The number of nitrogens with one attached hydrogen (secondary N) is 11. The number of H-pyrrole nitrogens is 2. The van der Waals surface area contributed by atoms with Crippen LogP contribution in [0, 0.1) is 11.8 Å². The van der Waals surface area contributed by atoms with Gasteiger partial charge in [0.05, 0.1) is 38.7 Å². The molecule has 444 valence electrons. The molecule has 1 aromatic carbocycles. The van der Waals surface area contributed by atoms with Gasteiger partial charge < -0.3 is 90.3 Å². The van der Waals surface area contributed by atoms with E-state index in [1.165, 1.54) is 19.4 Å². The number of hydrogen-bond donors (Lipinski definition) is 17. The normalized spacial score (nSPS) is 15.4. The molecule has 3 aromatic rings. The smallest absolute Gasteiger partial charge is 0.326 e. The van der Waals surface area contributed by atoms with E-state index in [-0.39, 0.29) is 32.2 Å². The van der Waals surface area contributed by atoms with Crippen molar-refractivity contribution in [3.8, 4) is 0 Å². The monoisotopic (exact) mass is 1130 g/mol. The molecule has 0 saturated heterocycles. The molecule has 2 aromatic heterocycles. The van der Waals surface area contributed by atoms with E-state index in [1.807, 2.05) is 0 Å². The number of quaternary nitrogens is 3. The number of carbonyl (C=O) groups is 10. The molecule has 0 radical (unpaired) electrons. The van der Waals surface area contributed by atoms with Gasteiger partial charge in [0.2, 0.25) is 47.3 Å². The maximum Gasteiger partial charge on any atom is 0.326 e. The standard InChI is InChI=1S/C52H83N15O13/c1-6-28(3)42(66-46(73)35(16-10-12-18-53)60-40(70)22-55)51(78)64-39(26-68)49(76)61-36(17-11-13-19-54)45(72)63-38(21-32-24-56-27-59-32)47(74)62-37(20-31-23-57-34-15-9-8-14-33(31)34)48(75)67-44(30(5)69)50(77)58-25-41(71)65-43(52(79)80)29(4)7-2/h8-9,14-15,23-24,27-30,35-39,42-44,57,68-69H,6-7,10-13,16-22,25-26,53-55H2,1-5H3,(H,56,59)(H,58,77)(H,60,70)(H,61,76)(H,62,74)(H,63,72)(H,64,78)(H,65,71)(H,66,73)(H,67,75)(H,79,80)/p+3/t28-,29-,30+,35-,36-,37-,38-,39-,42-,43-,44-/m0/s1. The summed E-state index contributed by atoms with van der Waals surface area (Å²) in [7, 11) is 0. The summed E-state index contributed by atoms with van der Waals surface area (Å²) in [6.07, 6.45) is 5.62. The Morgan fingerprint density at radius 3 is 1.68 bits per heavy atom. The van der Waals surface area contributed by atoms with Crippen LogP contribution in [0.2, 0.25) is 0 Å². The van der Waals surface area contributed by atoms with E-state index in [0.717, 1.165) is 0 Å². The molecule has 0 unspecified atom stereocenters. The zero-order valence-corrected chi connectivity index (χ0v) is 46.5. The molecular weight excluding hydrogens is 1040 g/mol. The number of unbranched alkanes of at least 4 members (excludes halogenated alkanes) is 2. The quantitative estimate of drug-likeness (QED) is 0.0240. The second-order valence-corrected chi connectivity index (χ2v) is 19.9. The number of fused-ring (bicyclic) bond motifs is 1. The minimum atomic E-state index is -1.69. The minimum Gasteiger partial charge on any atom is -0.480 e. The van der Waals surface area contributed by atoms with Gasteiger partial charge in [-0.05, 0) is 68.9 Å². The van der Waals surface area contributed by atoms with Crippen LogP contribution in [-0.4, -0.2) is 177 Å². The summed E-state index contributed by atoms with van der Waals surface area (Å²) in [6, 6.07) is -4.02. The van der Waals surface area contributed by atoms with Crippen LogP contribution in [0.15, 0.2) is 43.0 Å². The van der Waals surface area contributed by atoms with Crippen molar-refractivity contribution in [3.63, 3.8) is 0 Å². The van der Waals surface area contributed by atoms with Crippen molar-refractivity contribution in [3.05, 3.63) is 54.2 Å².